The van der Waals surface area contributed by atoms with Crippen LogP contribution >= 0.6 is 0 Å². The van der Waals surface area contributed by atoms with Gasteiger partial charge >= 0.3 is 0 Å². The number of carbonyl (C=O) groups is 11. The van der Waals surface area contributed by atoms with Crippen LogP contribution in [0.1, 0.15) is 186 Å². The number of hydrogen-bond donors (Lipinski definition) is 40. The summed E-state index contributed by atoms with van der Waals surface area (Å²) < 4.78 is 0. The molecule has 0 fully saturated rings. The van der Waals surface area contributed by atoms with Gasteiger partial charge in [-0.15, -0.1) is 0 Å². The van der Waals surface area contributed by atoms with Crippen LogP contribution in [0.2, 0.25) is 0 Å². The molecule has 147 heavy (non-hydrogen) atoms. The lowest BCUT2D eigenvalue weighted by atomic mass is 9.87. The third kappa shape index (κ3) is 93.4. The highest BCUT2D eigenvalue weighted by molar-refractivity contribution is 5.84. The minimum Gasteiger partial charge on any atom is -0.396 e. The van der Waals surface area contributed by atoms with E-state index in [0.29, 0.717) is 77.7 Å². The molecule has 0 rings (SSSR count). The Balaban J connectivity index is -0.000000154. The summed E-state index contributed by atoms with van der Waals surface area (Å²) in [6, 6.07) is -2.23. The number of unbranched alkanes of at least 4 members (excludes halogenated alkanes) is 1. The SMILES string of the molecule is CC(C)(C)C(O)C(=O)NCCCO.CC(C)(CO)CC(=O)NCCCO.CC(C)(CO)CC(=O)NCCO.CCCCC(=O)NC(CO)(CO)CO.CN(CCCO)C(=O)C(O)C(C)(C)C.CN(CCCO)C(=O)C(O)C(C)(C)CO.O=C(C(O)CCO)N(CCO)C(CO)CO.O=C(C(O)CCO)N(CCO)CCO.O=C(CCO)NC(CO)CO.O=C(NC(CO)CO)C(O)CCO.O=C(NCCCO)C(O)CCO. The highest BCUT2D eigenvalue weighted by atomic mass is 16.4. The molecule has 0 aliphatic rings. The van der Waals surface area contributed by atoms with Gasteiger partial charge in [0, 0.05) is 202 Å². The Kier molecular flexibility index (Phi) is 113. The molecule has 0 aliphatic carbocycles. The maximum Gasteiger partial charge on any atom is 0.251 e. The first kappa shape index (κ1) is 162. The fourth-order valence-electron chi connectivity index (χ4n) is 9.61. The van der Waals surface area contributed by atoms with Crippen molar-refractivity contribution in [1.82, 2.24) is 56.8 Å². The van der Waals surface area contributed by atoms with E-state index in [1.54, 1.807) is 48.7 Å². The van der Waals surface area contributed by atoms with Gasteiger partial charge in [-0.25, -0.2) is 0 Å². The average Bonchev–Trinajstić information content (AvgIpc) is 0.850. The molecule has 0 bridgehead atoms. The zero-order chi connectivity index (χ0) is 117. The molecule has 882 valence electrons. The zero-order valence-corrected chi connectivity index (χ0v) is 89.2. The molecule has 11 amide bonds. The molecule has 0 aromatic rings. The van der Waals surface area contributed by atoms with E-state index in [1.165, 1.54) is 9.80 Å². The molecule has 0 saturated heterocycles. The minimum absolute atomic E-state index is 0.000417. The lowest BCUT2D eigenvalue weighted by Crippen LogP contribution is -2.57. The van der Waals surface area contributed by atoms with E-state index in [9.17, 15) is 78.3 Å². The monoisotopic (exact) mass is 2160 g/mol. The summed E-state index contributed by atoms with van der Waals surface area (Å²) in [6.45, 7) is 19.8. The summed E-state index contributed by atoms with van der Waals surface area (Å²) in [5.74, 6) is -4.45. The van der Waals surface area contributed by atoms with E-state index >= 15 is 0 Å². The minimum atomic E-state index is -1.39. The quantitative estimate of drug-likeness (QED) is 0.0251. The molecule has 0 saturated carbocycles. The van der Waals surface area contributed by atoms with Crippen LogP contribution in [0.3, 0.4) is 0 Å². The summed E-state index contributed by atoms with van der Waals surface area (Å²) in [6.07, 6.45) is -3.29. The van der Waals surface area contributed by atoms with Crippen molar-refractivity contribution >= 4 is 65.0 Å². The van der Waals surface area contributed by atoms with Crippen molar-refractivity contribution < 1.29 is 221 Å². The summed E-state index contributed by atoms with van der Waals surface area (Å²) in [5.41, 5.74) is -3.74. The van der Waals surface area contributed by atoms with Crippen molar-refractivity contribution in [1.29, 1.82) is 0 Å². The van der Waals surface area contributed by atoms with Gasteiger partial charge in [0.2, 0.25) is 41.4 Å². The Bertz CT molecular complexity index is 3150. The van der Waals surface area contributed by atoms with Crippen molar-refractivity contribution in [3.05, 3.63) is 0 Å². The summed E-state index contributed by atoms with van der Waals surface area (Å²) in [4.78, 5) is 128. The van der Waals surface area contributed by atoms with Gasteiger partial charge in [-0.1, -0.05) is 96.4 Å². The number of aliphatic hydroxyl groups excluding tert-OH is 33. The zero-order valence-electron chi connectivity index (χ0n) is 89.2. The highest BCUT2D eigenvalue weighted by Gasteiger charge is 2.37. The van der Waals surface area contributed by atoms with Crippen molar-refractivity contribution in [2.24, 2.45) is 27.1 Å². The maximum atomic E-state index is 11.6. The van der Waals surface area contributed by atoms with Gasteiger partial charge in [-0.05, 0) is 60.2 Å². The van der Waals surface area contributed by atoms with Gasteiger partial charge in [0.15, 0.2) is 0 Å². The Morgan fingerprint density at radius 3 is 0.952 bits per heavy atom. The molecule has 0 aromatic carbocycles. The number of amides is 11. The van der Waals surface area contributed by atoms with Gasteiger partial charge < -0.3 is 225 Å². The number of carbonyl (C=O) groups excluding carboxylic acids is 11. The molecule has 40 N–H and O–H groups in total. The smallest absolute Gasteiger partial charge is 0.251 e. The summed E-state index contributed by atoms with van der Waals surface area (Å²) in [7, 11) is 3.20. The van der Waals surface area contributed by atoms with Crippen molar-refractivity contribution in [2.75, 3.05) is 245 Å². The molecule has 7 atom stereocenters. The van der Waals surface area contributed by atoms with E-state index in [-0.39, 0.29) is 237 Å². The molecular formula is C92H195N11O44. The fourth-order valence-corrected chi connectivity index (χ4v) is 9.61. The van der Waals surface area contributed by atoms with Gasteiger partial charge in [0.25, 0.3) is 23.6 Å². The Labute approximate surface area is 864 Å². The second-order valence-electron chi connectivity index (χ2n) is 37.2. The van der Waals surface area contributed by atoms with Crippen LogP contribution in [0.5, 0.6) is 0 Å². The Morgan fingerprint density at radius 1 is 0.286 bits per heavy atom. The van der Waals surface area contributed by atoms with Gasteiger partial charge in [-0.2, -0.15) is 0 Å². The average molecular weight is 2160 g/mol. The van der Waals surface area contributed by atoms with Crippen LogP contribution in [0.4, 0.5) is 0 Å². The predicted octanol–water partition coefficient (Wildman–Crippen LogP) is -14.5. The third-order valence-corrected chi connectivity index (χ3v) is 19.4. The van der Waals surface area contributed by atoms with E-state index < -0.39 is 158 Å². The molecule has 55 heteroatoms. The first-order valence-corrected chi connectivity index (χ1v) is 48.3. The number of aliphatic hydroxyl groups is 33. The number of nitrogens with one attached hydrogen (secondary N) is 7. The Hall–Kier alpha value is -7.15. The molecule has 0 aromatic heterocycles. The lowest BCUT2D eigenvalue weighted by molar-refractivity contribution is -0.147. The summed E-state index contributed by atoms with van der Waals surface area (Å²) >= 11 is 0. The van der Waals surface area contributed by atoms with Gasteiger partial charge in [0.1, 0.15) is 48.3 Å². The van der Waals surface area contributed by atoms with E-state index in [1.807, 2.05) is 55.4 Å². The lowest BCUT2D eigenvalue weighted by Gasteiger charge is -2.30. The van der Waals surface area contributed by atoms with E-state index in [0.717, 1.165) is 22.6 Å². The number of rotatable bonds is 64. The normalized spacial score (nSPS) is 12.5. The van der Waals surface area contributed by atoms with Crippen molar-refractivity contribution in [3.63, 3.8) is 0 Å². The molecule has 0 aliphatic heterocycles. The first-order chi connectivity index (χ1) is 68.6. The largest absolute Gasteiger partial charge is 0.396 e. The molecule has 7 unspecified atom stereocenters. The van der Waals surface area contributed by atoms with E-state index in [4.69, 9.17) is 143 Å². The van der Waals surface area contributed by atoms with Crippen LogP contribution in [-0.2, 0) is 52.7 Å². The Morgan fingerprint density at radius 2 is 0.633 bits per heavy atom. The highest BCUT2D eigenvalue weighted by Crippen LogP contribution is 2.24. The molecule has 0 radical (unpaired) electrons. The molecule has 55 nitrogen and oxygen atoms in total. The number of hydrogen-bond acceptors (Lipinski definition) is 44. The third-order valence-electron chi connectivity index (χ3n) is 19.4. The second-order valence-corrected chi connectivity index (χ2v) is 37.2. The predicted molar refractivity (Wildman–Crippen MR) is 536 cm³/mol. The number of nitrogens with zero attached hydrogens (tertiary/aromatic N) is 4. The van der Waals surface area contributed by atoms with Crippen LogP contribution in [0, 0.1) is 27.1 Å². The van der Waals surface area contributed by atoms with Crippen molar-refractivity contribution in [2.45, 2.75) is 253 Å². The molecule has 0 heterocycles. The molecule has 0 spiro atoms. The maximum absolute atomic E-state index is 11.6. The van der Waals surface area contributed by atoms with E-state index in [2.05, 4.69) is 37.2 Å². The first-order valence-electron chi connectivity index (χ1n) is 48.3. The number of likely N-dealkylation sites (N-methyl/N-ethyl adjacent to an activating group) is 2. The molecular weight excluding hydrogens is 1960 g/mol. The van der Waals surface area contributed by atoms with Crippen LogP contribution in [-0.4, -0.2) is 564 Å². The van der Waals surface area contributed by atoms with Crippen LogP contribution < -0.4 is 37.2 Å². The van der Waals surface area contributed by atoms with Gasteiger partial charge in [-0.3, -0.25) is 52.7 Å². The van der Waals surface area contributed by atoms with Crippen LogP contribution in [0.15, 0.2) is 0 Å². The van der Waals surface area contributed by atoms with Gasteiger partial charge in [0.05, 0.1) is 117 Å². The summed E-state index contributed by atoms with van der Waals surface area (Å²) in [5, 5.41) is 307. The van der Waals surface area contributed by atoms with Crippen molar-refractivity contribution in [3.8, 4) is 0 Å². The topological polar surface area (TPSA) is 953 Å². The van der Waals surface area contributed by atoms with Crippen LogP contribution in [0.25, 0.3) is 0 Å². The fraction of sp³-hybridized carbons (Fsp3) is 0.880. The standard InChI is InChI=1S/C10H21NO4.C10H21NO3.C9H19NO6.C9H19NO4.2C9H19NO3.C8H17NO5.C8H17NO3.C7H15NO5.C7H15NO4.C6H13NO4/c1-10(2,7-13)8(14)9(15)11(3)5-4-6-12;1-10(2,3)8(13)9(14)11(4)6-5-7-12;11-3-1-8(15)9(16)10(2-4-12)7(5-13)6-14;1-2-3-4-8(14)10-9(5-11,6-12)7-13;1-9(2,3)7(12)8(13)10-5-4-6-11;1-9(2,7-12)6-8(13)10-4-3-5-11;10-4-1-7(13)8(14)9(2-5-11)3-6-12;1-8(2,6-11)5-7(12)9-3-4-10;9-2-1-6(12)7(13)8-5(3-10)4-11;9-4-1-3-8-7(12)6(11)2-5-10;8-2-1-6(11)7-5(3-9)4-10/h8,12-14H,4-7H2,1-3H3;8,12-13H,5-7H2,1-4H3;7-8,11-15H,1-6H2;11-13H,2-7H2,1H3,(H,10,14);7,11-12H,4-6H2,1-3H3,(H,10,13);11-12H,3-7H2,1-2H3,(H,10,13);7,10-13H,1-6H2;10-11H,3-6H2,1-2H3,(H,9,12);5-6,9-12H,1-4H2,(H,8,13);6,9-11H,1-5H2,(H,8,12);5,8-10H,1-4H2,(H,7,11). The second kappa shape index (κ2) is 102.